The summed E-state index contributed by atoms with van der Waals surface area (Å²) in [7, 11) is 0. The largest absolute Gasteiger partial charge is 0.421 e. The summed E-state index contributed by atoms with van der Waals surface area (Å²) in [5.74, 6) is -0.468. The summed E-state index contributed by atoms with van der Waals surface area (Å²) >= 11 is 0. The molecule has 0 bridgehead atoms. The van der Waals surface area contributed by atoms with Crippen molar-refractivity contribution in [3.05, 3.63) is 11.8 Å². The number of nitrogens with zero attached hydrogens (tertiary/aromatic N) is 2. The molecular weight excluding hydrogens is 245 g/mol. The van der Waals surface area contributed by atoms with Crippen LogP contribution in [0.1, 0.15) is 33.3 Å². The molecule has 0 saturated carbocycles. The average Bonchev–Trinajstić information content (AvgIpc) is 2.13. The van der Waals surface area contributed by atoms with Crippen LogP contribution in [0.3, 0.4) is 0 Å². The van der Waals surface area contributed by atoms with Gasteiger partial charge in [-0.15, -0.1) is 0 Å². The van der Waals surface area contributed by atoms with E-state index in [1.807, 2.05) is 27.7 Å². The van der Waals surface area contributed by atoms with Gasteiger partial charge in [-0.05, 0) is 12.3 Å². The van der Waals surface area contributed by atoms with Gasteiger partial charge in [0.15, 0.2) is 0 Å². The second kappa shape index (κ2) is 4.62. The highest BCUT2D eigenvalue weighted by Gasteiger charge is 2.34. The molecule has 3 N–H and O–H groups in total. The van der Waals surface area contributed by atoms with E-state index in [9.17, 15) is 13.2 Å². The molecule has 0 radical (unpaired) electrons. The van der Waals surface area contributed by atoms with E-state index >= 15 is 0 Å². The first-order valence-electron chi connectivity index (χ1n) is 5.48. The Bertz CT molecular complexity index is 423. The van der Waals surface area contributed by atoms with E-state index in [2.05, 4.69) is 15.3 Å². The Labute approximate surface area is 104 Å². The summed E-state index contributed by atoms with van der Waals surface area (Å²) in [5, 5.41) is 2.93. The van der Waals surface area contributed by atoms with Crippen LogP contribution in [0.25, 0.3) is 0 Å². The lowest BCUT2D eigenvalue weighted by Crippen LogP contribution is -2.31. The third-order valence-corrected chi connectivity index (χ3v) is 2.77. The molecule has 0 aromatic carbocycles. The highest BCUT2D eigenvalue weighted by molar-refractivity contribution is 5.44. The number of aromatic nitrogens is 2. The van der Waals surface area contributed by atoms with Gasteiger partial charge < -0.3 is 11.1 Å². The van der Waals surface area contributed by atoms with Gasteiger partial charge in [0.2, 0.25) is 5.95 Å². The third kappa shape index (κ3) is 3.48. The van der Waals surface area contributed by atoms with E-state index in [0.29, 0.717) is 6.20 Å². The van der Waals surface area contributed by atoms with Crippen LogP contribution in [0.4, 0.5) is 24.9 Å². The minimum atomic E-state index is -4.53. The molecule has 7 heteroatoms. The van der Waals surface area contributed by atoms with Crippen molar-refractivity contribution in [2.75, 3.05) is 11.1 Å². The minimum Gasteiger partial charge on any atom is -0.383 e. The summed E-state index contributed by atoms with van der Waals surface area (Å²) in [6.07, 6.45) is -3.84. The molecule has 0 unspecified atom stereocenters. The molecule has 1 atom stereocenters. The molecule has 4 nitrogen and oxygen atoms in total. The van der Waals surface area contributed by atoms with Gasteiger partial charge in [-0.2, -0.15) is 18.2 Å². The molecule has 0 fully saturated rings. The van der Waals surface area contributed by atoms with Crippen molar-refractivity contribution in [3.8, 4) is 0 Å². The van der Waals surface area contributed by atoms with E-state index in [1.54, 1.807) is 0 Å². The highest BCUT2D eigenvalue weighted by Crippen LogP contribution is 2.32. The zero-order chi connectivity index (χ0) is 14.1. The van der Waals surface area contributed by atoms with E-state index in [-0.39, 0.29) is 17.4 Å². The first-order valence-corrected chi connectivity index (χ1v) is 5.48. The van der Waals surface area contributed by atoms with Crippen molar-refractivity contribution >= 4 is 11.8 Å². The van der Waals surface area contributed by atoms with Gasteiger partial charge in [-0.25, -0.2) is 4.98 Å². The quantitative estimate of drug-likeness (QED) is 0.860. The number of alkyl halides is 3. The Kier molecular flexibility index (Phi) is 3.73. The summed E-state index contributed by atoms with van der Waals surface area (Å²) in [5.41, 5.74) is 4.20. The maximum absolute atomic E-state index is 12.5. The number of nitrogen functional groups attached to an aromatic ring is 1. The van der Waals surface area contributed by atoms with Crippen molar-refractivity contribution in [2.24, 2.45) is 5.41 Å². The Hall–Kier alpha value is -1.53. The molecule has 0 spiro atoms. The first kappa shape index (κ1) is 14.5. The minimum absolute atomic E-state index is 0.00589. The summed E-state index contributed by atoms with van der Waals surface area (Å²) in [4.78, 5) is 7.27. The van der Waals surface area contributed by atoms with Crippen molar-refractivity contribution in [1.29, 1.82) is 0 Å². The van der Waals surface area contributed by atoms with Crippen LogP contribution in [0.2, 0.25) is 0 Å². The predicted molar refractivity (Wildman–Crippen MR) is 64.0 cm³/mol. The molecule has 102 valence electrons. The number of nitrogens with two attached hydrogens (primary N) is 1. The molecule has 1 aromatic rings. The molecular formula is C11H17F3N4. The van der Waals surface area contributed by atoms with E-state index in [0.717, 1.165) is 0 Å². The van der Waals surface area contributed by atoms with E-state index < -0.39 is 17.6 Å². The molecule has 0 aliphatic carbocycles. The van der Waals surface area contributed by atoms with Crippen LogP contribution in [0.15, 0.2) is 6.20 Å². The molecule has 0 aliphatic rings. The van der Waals surface area contributed by atoms with Crippen LogP contribution in [0, 0.1) is 5.41 Å². The second-order valence-electron chi connectivity index (χ2n) is 5.22. The SMILES string of the molecule is C[C@H](Nc1ncc(C(F)(F)F)c(N)n1)C(C)(C)C. The molecule has 1 heterocycles. The fourth-order valence-corrected chi connectivity index (χ4v) is 1.09. The molecule has 1 aromatic heterocycles. The van der Waals surface area contributed by atoms with E-state index in [4.69, 9.17) is 5.73 Å². The van der Waals surface area contributed by atoms with Crippen molar-refractivity contribution in [1.82, 2.24) is 9.97 Å². The van der Waals surface area contributed by atoms with Crippen molar-refractivity contribution in [2.45, 2.75) is 39.9 Å². The summed E-state index contributed by atoms with van der Waals surface area (Å²) in [6, 6.07) is -0.00589. The standard InChI is InChI=1S/C11H17F3N4/c1-6(10(2,3)4)17-9-16-5-7(8(15)18-9)11(12,13)14/h5-6H,1-4H3,(H3,15,16,17,18)/t6-/m0/s1. The zero-order valence-corrected chi connectivity index (χ0v) is 10.8. The normalized spacial score (nSPS) is 14.4. The van der Waals surface area contributed by atoms with Gasteiger partial charge >= 0.3 is 6.18 Å². The Balaban J connectivity index is 2.93. The fraction of sp³-hybridized carbons (Fsp3) is 0.636. The van der Waals surface area contributed by atoms with Gasteiger partial charge in [-0.1, -0.05) is 20.8 Å². The summed E-state index contributed by atoms with van der Waals surface area (Å²) < 4.78 is 37.4. The maximum atomic E-state index is 12.5. The average molecular weight is 262 g/mol. The Morgan fingerprint density at radius 3 is 2.22 bits per heavy atom. The Morgan fingerprint density at radius 2 is 1.83 bits per heavy atom. The number of rotatable bonds is 2. The monoisotopic (exact) mass is 262 g/mol. The van der Waals surface area contributed by atoms with Crippen molar-refractivity contribution < 1.29 is 13.2 Å². The van der Waals surface area contributed by atoms with E-state index in [1.165, 1.54) is 0 Å². The zero-order valence-electron chi connectivity index (χ0n) is 10.8. The molecule has 0 amide bonds. The first-order chi connectivity index (χ1) is 8.01. The van der Waals surface area contributed by atoms with Gasteiger partial charge in [-0.3, -0.25) is 0 Å². The molecule has 18 heavy (non-hydrogen) atoms. The van der Waals surface area contributed by atoms with Gasteiger partial charge in [0.1, 0.15) is 11.4 Å². The molecule has 1 rings (SSSR count). The molecule has 0 aliphatic heterocycles. The number of nitrogens with one attached hydrogen (secondary N) is 1. The highest BCUT2D eigenvalue weighted by atomic mass is 19.4. The lowest BCUT2D eigenvalue weighted by Gasteiger charge is -2.28. The second-order valence-corrected chi connectivity index (χ2v) is 5.22. The van der Waals surface area contributed by atoms with Crippen LogP contribution in [-0.4, -0.2) is 16.0 Å². The number of hydrogen-bond acceptors (Lipinski definition) is 4. The van der Waals surface area contributed by atoms with Gasteiger partial charge in [0, 0.05) is 12.2 Å². The lowest BCUT2D eigenvalue weighted by atomic mass is 9.88. The lowest BCUT2D eigenvalue weighted by molar-refractivity contribution is -0.137. The van der Waals surface area contributed by atoms with Crippen molar-refractivity contribution in [3.63, 3.8) is 0 Å². The molecule has 0 saturated heterocycles. The van der Waals surface area contributed by atoms with Crippen LogP contribution in [-0.2, 0) is 6.18 Å². The van der Waals surface area contributed by atoms with Gasteiger partial charge in [0.25, 0.3) is 0 Å². The third-order valence-electron chi connectivity index (χ3n) is 2.77. The smallest absolute Gasteiger partial charge is 0.383 e. The number of anilines is 2. The topological polar surface area (TPSA) is 63.8 Å². The number of hydrogen-bond donors (Lipinski definition) is 2. The number of halogens is 3. The summed E-state index contributed by atoms with van der Waals surface area (Å²) in [6.45, 7) is 7.89. The fourth-order valence-electron chi connectivity index (χ4n) is 1.09. The van der Waals surface area contributed by atoms with Crippen LogP contribution < -0.4 is 11.1 Å². The predicted octanol–water partition coefficient (Wildman–Crippen LogP) is 2.92. The Morgan fingerprint density at radius 1 is 1.28 bits per heavy atom. The van der Waals surface area contributed by atoms with Gasteiger partial charge in [0.05, 0.1) is 0 Å². The maximum Gasteiger partial charge on any atom is 0.421 e. The van der Waals surface area contributed by atoms with Crippen LogP contribution in [0.5, 0.6) is 0 Å². The van der Waals surface area contributed by atoms with Crippen LogP contribution >= 0.6 is 0 Å².